The van der Waals surface area contributed by atoms with Crippen molar-refractivity contribution in [3.63, 3.8) is 0 Å². The minimum Gasteiger partial charge on any atom is -0.359 e. The highest BCUT2D eigenvalue weighted by Crippen LogP contribution is 2.18. The first-order chi connectivity index (χ1) is 9.88. The molecule has 114 valence electrons. The van der Waals surface area contributed by atoms with Gasteiger partial charge in [-0.3, -0.25) is 4.98 Å². The van der Waals surface area contributed by atoms with E-state index in [1.807, 2.05) is 32.0 Å². The Balaban J connectivity index is 2.09. The van der Waals surface area contributed by atoms with E-state index in [1.54, 1.807) is 19.3 Å². The van der Waals surface area contributed by atoms with Crippen molar-refractivity contribution in [3.05, 3.63) is 36.2 Å². The molecule has 0 bridgehead atoms. The zero-order valence-electron chi connectivity index (χ0n) is 12.4. The van der Waals surface area contributed by atoms with E-state index < -0.39 is 10.0 Å². The Labute approximate surface area is 124 Å². The van der Waals surface area contributed by atoms with Crippen LogP contribution in [0.15, 0.2) is 35.0 Å². The van der Waals surface area contributed by atoms with E-state index in [-0.39, 0.29) is 18.2 Å². The summed E-state index contributed by atoms with van der Waals surface area (Å²) < 4.78 is 30.6. The molecule has 2 aromatic rings. The average molecular weight is 309 g/mol. The molecule has 2 aromatic heterocycles. The number of aromatic nitrogens is 2. The molecule has 0 aliphatic carbocycles. The van der Waals surface area contributed by atoms with Gasteiger partial charge in [0.05, 0.1) is 18.0 Å². The molecule has 0 radical (unpaired) electrons. The third-order valence-corrected chi connectivity index (χ3v) is 5.05. The summed E-state index contributed by atoms with van der Waals surface area (Å²) in [6, 6.07) is 7.21. The van der Waals surface area contributed by atoms with Crippen LogP contribution >= 0.6 is 0 Å². The maximum atomic E-state index is 12.1. The van der Waals surface area contributed by atoms with E-state index in [0.29, 0.717) is 17.1 Å². The molecule has 0 saturated heterocycles. The lowest BCUT2D eigenvalue weighted by atomic mass is 10.2. The van der Waals surface area contributed by atoms with Crippen molar-refractivity contribution in [2.75, 3.05) is 12.8 Å². The first-order valence-corrected chi connectivity index (χ1v) is 8.30. The molecule has 0 spiro atoms. The summed E-state index contributed by atoms with van der Waals surface area (Å²) in [5.74, 6) is 0.687. The van der Waals surface area contributed by atoms with Crippen molar-refractivity contribution in [2.24, 2.45) is 5.92 Å². The van der Waals surface area contributed by atoms with Crippen molar-refractivity contribution >= 4 is 10.0 Å². The maximum absolute atomic E-state index is 12.1. The Kier molecular flexibility index (Phi) is 4.74. The molecule has 0 N–H and O–H groups in total. The fourth-order valence-corrected chi connectivity index (χ4v) is 3.31. The predicted octanol–water partition coefficient (Wildman–Crippen LogP) is 2.15. The SMILES string of the molecule is CC(C)CS(=O)(=O)N(C)Cc1cc(-c2ccccn2)no1. The van der Waals surface area contributed by atoms with Crippen LogP contribution in [-0.4, -0.2) is 35.7 Å². The monoisotopic (exact) mass is 309 g/mol. The number of hydrogen-bond acceptors (Lipinski definition) is 5. The molecule has 0 unspecified atom stereocenters. The van der Waals surface area contributed by atoms with E-state index in [4.69, 9.17) is 4.52 Å². The van der Waals surface area contributed by atoms with Crippen LogP contribution in [0.25, 0.3) is 11.4 Å². The quantitative estimate of drug-likeness (QED) is 0.817. The Hall–Kier alpha value is -1.73. The number of rotatable bonds is 6. The molecule has 2 heterocycles. The van der Waals surface area contributed by atoms with Gasteiger partial charge in [-0.05, 0) is 18.1 Å². The summed E-state index contributed by atoms with van der Waals surface area (Å²) in [5, 5.41) is 3.92. The van der Waals surface area contributed by atoms with Crippen molar-refractivity contribution in [1.82, 2.24) is 14.4 Å². The van der Waals surface area contributed by atoms with Gasteiger partial charge in [-0.15, -0.1) is 0 Å². The van der Waals surface area contributed by atoms with E-state index in [2.05, 4.69) is 10.1 Å². The van der Waals surface area contributed by atoms with E-state index in [1.165, 1.54) is 4.31 Å². The Bertz CT molecular complexity index is 680. The molecule has 21 heavy (non-hydrogen) atoms. The first kappa shape index (κ1) is 15.7. The van der Waals surface area contributed by atoms with Crippen LogP contribution in [0, 0.1) is 5.92 Å². The molecule has 0 aliphatic heterocycles. The molecule has 0 fully saturated rings. The number of nitrogens with zero attached hydrogens (tertiary/aromatic N) is 3. The summed E-state index contributed by atoms with van der Waals surface area (Å²) >= 11 is 0. The number of sulfonamides is 1. The Morgan fingerprint density at radius 2 is 2.05 bits per heavy atom. The highest BCUT2D eigenvalue weighted by Gasteiger charge is 2.21. The van der Waals surface area contributed by atoms with Crippen molar-refractivity contribution in [1.29, 1.82) is 0 Å². The third-order valence-electron chi connectivity index (χ3n) is 2.88. The van der Waals surface area contributed by atoms with Crippen LogP contribution in [-0.2, 0) is 16.6 Å². The Morgan fingerprint density at radius 3 is 2.67 bits per heavy atom. The van der Waals surface area contributed by atoms with Gasteiger partial charge in [0.25, 0.3) is 0 Å². The maximum Gasteiger partial charge on any atom is 0.214 e. The van der Waals surface area contributed by atoms with Gasteiger partial charge in [-0.2, -0.15) is 4.31 Å². The molecule has 0 saturated carbocycles. The fourth-order valence-electron chi connectivity index (χ4n) is 1.89. The van der Waals surface area contributed by atoms with Gasteiger partial charge in [-0.25, -0.2) is 8.42 Å². The van der Waals surface area contributed by atoms with Crippen LogP contribution in [0.1, 0.15) is 19.6 Å². The summed E-state index contributed by atoms with van der Waals surface area (Å²) in [5.41, 5.74) is 1.29. The zero-order chi connectivity index (χ0) is 15.5. The van der Waals surface area contributed by atoms with E-state index >= 15 is 0 Å². The Morgan fingerprint density at radius 1 is 1.29 bits per heavy atom. The van der Waals surface area contributed by atoms with E-state index in [0.717, 1.165) is 0 Å². The molecule has 0 amide bonds. The zero-order valence-corrected chi connectivity index (χ0v) is 13.2. The molecule has 0 atom stereocenters. The van der Waals surface area contributed by atoms with Gasteiger partial charge in [0.15, 0.2) is 5.76 Å². The van der Waals surface area contributed by atoms with Crippen LogP contribution in [0.5, 0.6) is 0 Å². The molecule has 0 aliphatic rings. The third kappa shape index (κ3) is 4.12. The first-order valence-electron chi connectivity index (χ1n) is 6.69. The largest absolute Gasteiger partial charge is 0.359 e. The normalized spacial score (nSPS) is 12.2. The summed E-state index contributed by atoms with van der Waals surface area (Å²) in [6.45, 7) is 3.91. The van der Waals surface area contributed by atoms with Crippen molar-refractivity contribution in [2.45, 2.75) is 20.4 Å². The van der Waals surface area contributed by atoms with Crippen molar-refractivity contribution < 1.29 is 12.9 Å². The molecule has 7 heteroatoms. The second-order valence-electron chi connectivity index (χ2n) is 5.32. The highest BCUT2D eigenvalue weighted by atomic mass is 32.2. The number of pyridine rings is 1. The molecule has 0 aromatic carbocycles. The second-order valence-corrected chi connectivity index (χ2v) is 7.44. The van der Waals surface area contributed by atoms with Gasteiger partial charge in [-0.1, -0.05) is 25.1 Å². The smallest absolute Gasteiger partial charge is 0.214 e. The van der Waals surface area contributed by atoms with Gasteiger partial charge >= 0.3 is 0 Å². The van der Waals surface area contributed by atoms with Crippen LogP contribution in [0.4, 0.5) is 0 Å². The second kappa shape index (κ2) is 6.36. The molecule has 6 nitrogen and oxygen atoms in total. The highest BCUT2D eigenvalue weighted by molar-refractivity contribution is 7.89. The van der Waals surface area contributed by atoms with Crippen molar-refractivity contribution in [3.8, 4) is 11.4 Å². The molecule has 2 rings (SSSR count). The topological polar surface area (TPSA) is 76.3 Å². The van der Waals surface area contributed by atoms with Gasteiger partial charge < -0.3 is 4.52 Å². The summed E-state index contributed by atoms with van der Waals surface area (Å²) in [7, 11) is -1.74. The number of hydrogen-bond donors (Lipinski definition) is 0. The van der Waals surface area contributed by atoms with Gasteiger partial charge in [0.2, 0.25) is 10.0 Å². The predicted molar refractivity (Wildman–Crippen MR) is 79.8 cm³/mol. The molecular weight excluding hydrogens is 290 g/mol. The lowest BCUT2D eigenvalue weighted by molar-refractivity contribution is 0.343. The lowest BCUT2D eigenvalue weighted by Crippen LogP contribution is -2.30. The van der Waals surface area contributed by atoms with Crippen LogP contribution in [0.2, 0.25) is 0 Å². The summed E-state index contributed by atoms with van der Waals surface area (Å²) in [4.78, 5) is 4.18. The van der Waals surface area contributed by atoms with Gasteiger partial charge in [0, 0.05) is 19.3 Å². The van der Waals surface area contributed by atoms with E-state index in [9.17, 15) is 8.42 Å². The minimum absolute atomic E-state index is 0.0799. The average Bonchev–Trinajstić information content (AvgIpc) is 2.87. The van der Waals surface area contributed by atoms with Crippen LogP contribution in [0.3, 0.4) is 0 Å². The van der Waals surface area contributed by atoms with Crippen LogP contribution < -0.4 is 0 Å². The standard InChI is InChI=1S/C14H19N3O3S/c1-11(2)10-21(18,19)17(3)9-12-8-14(16-20-12)13-6-4-5-7-15-13/h4-8,11H,9-10H2,1-3H3. The minimum atomic E-state index is -3.28. The lowest BCUT2D eigenvalue weighted by Gasteiger charge is -2.16. The molecular formula is C14H19N3O3S. The van der Waals surface area contributed by atoms with Gasteiger partial charge in [0.1, 0.15) is 5.69 Å². The fraction of sp³-hybridized carbons (Fsp3) is 0.429. The summed E-state index contributed by atoms with van der Waals surface area (Å²) in [6.07, 6.45) is 1.67.